The van der Waals surface area contributed by atoms with Crippen LogP contribution in [0.5, 0.6) is 0 Å². The van der Waals surface area contributed by atoms with Gasteiger partial charge in [0.2, 0.25) is 5.91 Å². The first-order valence-corrected chi connectivity index (χ1v) is 8.21. The van der Waals surface area contributed by atoms with Gasteiger partial charge in [0.1, 0.15) is 5.76 Å². The minimum absolute atomic E-state index is 0.121. The Kier molecular flexibility index (Phi) is 7.22. The van der Waals surface area contributed by atoms with Crippen molar-refractivity contribution in [1.82, 2.24) is 10.2 Å². The van der Waals surface area contributed by atoms with Gasteiger partial charge in [0.15, 0.2) is 0 Å². The van der Waals surface area contributed by atoms with Gasteiger partial charge < -0.3 is 14.5 Å². The van der Waals surface area contributed by atoms with E-state index in [1.807, 2.05) is 35.2 Å². The molecule has 134 valence electrons. The fourth-order valence-electron chi connectivity index (χ4n) is 2.55. The molecule has 0 aliphatic rings. The average Bonchev–Trinajstić information content (AvgIpc) is 3.13. The van der Waals surface area contributed by atoms with Crippen molar-refractivity contribution in [3.63, 3.8) is 0 Å². The summed E-state index contributed by atoms with van der Waals surface area (Å²) in [5.41, 5.74) is 1.08. The lowest BCUT2D eigenvalue weighted by atomic mass is 10.1. The molecule has 0 saturated carbocycles. The van der Waals surface area contributed by atoms with Gasteiger partial charge in [-0.15, -0.1) is 0 Å². The zero-order valence-corrected chi connectivity index (χ0v) is 14.6. The summed E-state index contributed by atoms with van der Waals surface area (Å²) in [6.45, 7) is 3.35. The molecule has 0 aliphatic carbocycles. The molecular formula is C19H24N2O4. The molecule has 0 bridgehead atoms. The van der Waals surface area contributed by atoms with E-state index in [4.69, 9.17) is 9.15 Å². The summed E-state index contributed by atoms with van der Waals surface area (Å²) in [5.74, 6) is -0.0177. The third-order valence-electron chi connectivity index (χ3n) is 3.79. The van der Waals surface area contributed by atoms with Crippen molar-refractivity contribution in [2.24, 2.45) is 5.92 Å². The molecule has 0 radical (unpaired) electrons. The number of hydrogen-bond donors (Lipinski definition) is 1. The van der Waals surface area contributed by atoms with E-state index in [1.165, 1.54) is 7.11 Å². The van der Waals surface area contributed by atoms with Crippen LogP contribution in [0.25, 0.3) is 0 Å². The average molecular weight is 344 g/mol. The van der Waals surface area contributed by atoms with Crippen LogP contribution in [0, 0.1) is 5.92 Å². The molecule has 0 spiro atoms. The predicted molar refractivity (Wildman–Crippen MR) is 93.5 cm³/mol. The van der Waals surface area contributed by atoms with Crippen LogP contribution in [0.3, 0.4) is 0 Å². The first kappa shape index (κ1) is 18.7. The summed E-state index contributed by atoms with van der Waals surface area (Å²) in [4.78, 5) is 25.9. The van der Waals surface area contributed by atoms with E-state index < -0.39 is 0 Å². The quantitative estimate of drug-likeness (QED) is 0.706. The lowest BCUT2D eigenvalue weighted by Gasteiger charge is -2.24. The highest BCUT2D eigenvalue weighted by molar-refractivity contribution is 5.78. The van der Waals surface area contributed by atoms with E-state index in [-0.39, 0.29) is 24.3 Å². The predicted octanol–water partition coefficient (Wildman–Crippen LogP) is 2.21. The zero-order chi connectivity index (χ0) is 18.1. The fourth-order valence-corrected chi connectivity index (χ4v) is 2.55. The highest BCUT2D eigenvalue weighted by Gasteiger charge is 2.20. The monoisotopic (exact) mass is 344 g/mol. The van der Waals surface area contributed by atoms with Crippen molar-refractivity contribution in [1.29, 1.82) is 0 Å². The summed E-state index contributed by atoms with van der Waals surface area (Å²) in [6, 6.07) is 13.4. The number of furan rings is 1. The number of ether oxygens (including phenoxy) is 1. The maximum absolute atomic E-state index is 12.2. The van der Waals surface area contributed by atoms with Crippen LogP contribution in [0.15, 0.2) is 53.1 Å². The van der Waals surface area contributed by atoms with Crippen molar-refractivity contribution in [2.45, 2.75) is 20.0 Å². The molecule has 1 atom stereocenters. The summed E-state index contributed by atoms with van der Waals surface area (Å²) in [7, 11) is 1.37. The van der Waals surface area contributed by atoms with Gasteiger partial charge in [-0.1, -0.05) is 37.3 Å². The van der Waals surface area contributed by atoms with Crippen LogP contribution >= 0.6 is 0 Å². The van der Waals surface area contributed by atoms with Gasteiger partial charge in [0.25, 0.3) is 0 Å². The summed E-state index contributed by atoms with van der Waals surface area (Å²) in [6.07, 6.45) is 1.57. The number of methoxy groups -OCH3 is 1. The topological polar surface area (TPSA) is 71.8 Å². The maximum Gasteiger partial charge on any atom is 0.309 e. The highest BCUT2D eigenvalue weighted by Crippen LogP contribution is 2.09. The van der Waals surface area contributed by atoms with E-state index in [0.717, 1.165) is 5.56 Å². The lowest BCUT2D eigenvalue weighted by Crippen LogP contribution is -2.40. The van der Waals surface area contributed by atoms with Crippen LogP contribution < -0.4 is 5.32 Å². The number of nitrogens with zero attached hydrogens (tertiary/aromatic N) is 1. The van der Waals surface area contributed by atoms with Gasteiger partial charge in [0, 0.05) is 13.1 Å². The first-order chi connectivity index (χ1) is 12.1. The minimum atomic E-state index is -0.313. The molecule has 6 heteroatoms. The fraction of sp³-hybridized carbons (Fsp3) is 0.368. The van der Waals surface area contributed by atoms with E-state index >= 15 is 0 Å². The van der Waals surface area contributed by atoms with E-state index in [9.17, 15) is 9.59 Å². The van der Waals surface area contributed by atoms with Crippen LogP contribution in [0.2, 0.25) is 0 Å². The Labute approximate surface area is 147 Å². The Morgan fingerprint density at radius 2 is 1.96 bits per heavy atom. The minimum Gasteiger partial charge on any atom is -0.469 e. The van der Waals surface area contributed by atoms with Crippen LogP contribution in [0.4, 0.5) is 0 Å². The molecule has 0 aliphatic heterocycles. The molecule has 1 aromatic carbocycles. The molecule has 1 unspecified atom stereocenters. The number of amides is 1. The lowest BCUT2D eigenvalue weighted by molar-refractivity contribution is -0.145. The number of esters is 1. The van der Waals surface area contributed by atoms with Crippen LogP contribution in [-0.4, -0.2) is 37.0 Å². The summed E-state index contributed by atoms with van der Waals surface area (Å²) < 4.78 is 9.99. The van der Waals surface area contributed by atoms with Gasteiger partial charge in [-0.25, -0.2) is 0 Å². The molecule has 2 aromatic rings. The second kappa shape index (κ2) is 9.64. The van der Waals surface area contributed by atoms with E-state index in [2.05, 4.69) is 5.32 Å². The van der Waals surface area contributed by atoms with Crippen molar-refractivity contribution in [3.8, 4) is 0 Å². The Bertz CT molecular complexity index is 655. The Balaban J connectivity index is 1.94. The van der Waals surface area contributed by atoms with Gasteiger partial charge in [-0.05, 0) is 17.7 Å². The second-order valence-corrected chi connectivity index (χ2v) is 5.94. The molecule has 1 N–H and O–H groups in total. The smallest absolute Gasteiger partial charge is 0.309 e. The largest absolute Gasteiger partial charge is 0.469 e. The van der Waals surface area contributed by atoms with Crippen LogP contribution in [-0.2, 0) is 27.4 Å². The highest BCUT2D eigenvalue weighted by atomic mass is 16.5. The molecule has 1 aromatic heterocycles. The van der Waals surface area contributed by atoms with Gasteiger partial charge in [0.05, 0.1) is 32.4 Å². The standard InChI is InChI=1S/C19H24N2O4/c1-15(19(23)24-2)12-21(13-16-7-4-3-5-8-16)14-18(22)20-11-17-9-6-10-25-17/h3-10,15H,11-14H2,1-2H3,(H,20,22). The van der Waals surface area contributed by atoms with Gasteiger partial charge in [-0.2, -0.15) is 0 Å². The maximum atomic E-state index is 12.2. The SMILES string of the molecule is COC(=O)C(C)CN(CC(=O)NCc1ccco1)Cc1ccccc1. The molecule has 0 saturated heterocycles. The molecule has 1 amide bonds. The Hall–Kier alpha value is -2.60. The number of benzene rings is 1. The molecule has 0 fully saturated rings. The number of nitrogens with one attached hydrogen (secondary N) is 1. The second-order valence-electron chi connectivity index (χ2n) is 5.94. The zero-order valence-electron chi connectivity index (χ0n) is 14.6. The molecular weight excluding hydrogens is 320 g/mol. The number of hydrogen-bond acceptors (Lipinski definition) is 5. The van der Waals surface area contributed by atoms with Crippen molar-refractivity contribution in [3.05, 3.63) is 60.1 Å². The van der Waals surface area contributed by atoms with Gasteiger partial charge >= 0.3 is 5.97 Å². The Morgan fingerprint density at radius 3 is 2.60 bits per heavy atom. The third-order valence-corrected chi connectivity index (χ3v) is 3.79. The van der Waals surface area contributed by atoms with Crippen LogP contribution in [0.1, 0.15) is 18.2 Å². The molecule has 6 nitrogen and oxygen atoms in total. The van der Waals surface area contributed by atoms with Crippen molar-refractivity contribution < 1.29 is 18.7 Å². The summed E-state index contributed by atoms with van der Waals surface area (Å²) in [5, 5.41) is 2.83. The number of carbonyl (C=O) groups is 2. The number of carbonyl (C=O) groups excluding carboxylic acids is 2. The van der Waals surface area contributed by atoms with E-state index in [1.54, 1.807) is 25.3 Å². The Morgan fingerprint density at radius 1 is 1.20 bits per heavy atom. The molecule has 25 heavy (non-hydrogen) atoms. The number of rotatable bonds is 9. The van der Waals surface area contributed by atoms with Crippen molar-refractivity contribution in [2.75, 3.05) is 20.2 Å². The third kappa shape index (κ3) is 6.43. The summed E-state index contributed by atoms with van der Waals surface area (Å²) >= 11 is 0. The normalized spacial score (nSPS) is 12.0. The first-order valence-electron chi connectivity index (χ1n) is 8.21. The molecule has 2 rings (SSSR count). The molecule has 1 heterocycles. The van der Waals surface area contributed by atoms with E-state index in [0.29, 0.717) is 25.4 Å². The van der Waals surface area contributed by atoms with Gasteiger partial charge in [-0.3, -0.25) is 14.5 Å². The van der Waals surface area contributed by atoms with Crippen molar-refractivity contribution >= 4 is 11.9 Å².